The third-order valence-electron chi connectivity index (χ3n) is 5.43. The normalized spacial score (nSPS) is 12.4. The molecule has 3 aromatic carbocycles. The summed E-state index contributed by atoms with van der Waals surface area (Å²) in [6.07, 6.45) is 0.665. The summed E-state index contributed by atoms with van der Waals surface area (Å²) in [5, 5.41) is 2.79. The molecule has 1 N–H and O–H groups in total. The first kappa shape index (κ1) is 23.9. The first-order valence-electron chi connectivity index (χ1n) is 11.4. The van der Waals surface area contributed by atoms with E-state index < -0.39 is 0 Å². The highest BCUT2D eigenvalue weighted by Crippen LogP contribution is 2.34. The summed E-state index contributed by atoms with van der Waals surface area (Å²) in [5.41, 5.74) is 2.39. The van der Waals surface area contributed by atoms with Crippen LogP contribution in [0.25, 0.3) is 0 Å². The van der Waals surface area contributed by atoms with Gasteiger partial charge in [-0.25, -0.2) is 0 Å². The Morgan fingerprint density at radius 3 is 2.57 bits per heavy atom. The average Bonchev–Trinajstić information content (AvgIpc) is 2.87. The van der Waals surface area contributed by atoms with Crippen molar-refractivity contribution in [3.05, 3.63) is 72.3 Å². The number of para-hydroxylation sites is 2. The van der Waals surface area contributed by atoms with Gasteiger partial charge in [0.15, 0.2) is 24.7 Å². The van der Waals surface area contributed by atoms with Gasteiger partial charge in [0.2, 0.25) is 0 Å². The molecule has 1 heterocycles. The number of aryl methyl sites for hydroxylation is 1. The van der Waals surface area contributed by atoms with Gasteiger partial charge >= 0.3 is 0 Å². The van der Waals surface area contributed by atoms with Crippen molar-refractivity contribution in [3.63, 3.8) is 0 Å². The van der Waals surface area contributed by atoms with Crippen LogP contribution in [0.15, 0.2) is 66.7 Å². The first-order chi connectivity index (χ1) is 17.0. The highest BCUT2D eigenvalue weighted by atomic mass is 16.5. The van der Waals surface area contributed by atoms with Crippen LogP contribution >= 0.6 is 0 Å². The molecular weight excluding hydrogens is 448 g/mol. The molecule has 182 valence electrons. The highest BCUT2D eigenvalue weighted by Gasteiger charge is 2.25. The maximum atomic E-state index is 12.5. The zero-order valence-corrected chi connectivity index (χ0v) is 19.8. The maximum Gasteiger partial charge on any atom is 0.265 e. The lowest BCUT2D eigenvalue weighted by molar-refractivity contribution is -0.121. The molecular formula is C27H28N2O6. The second-order valence-electron chi connectivity index (χ2n) is 8.02. The second kappa shape index (κ2) is 11.3. The summed E-state index contributed by atoms with van der Waals surface area (Å²) in [6.45, 7) is 2.78. The van der Waals surface area contributed by atoms with E-state index in [9.17, 15) is 9.59 Å². The molecule has 2 amide bonds. The molecule has 1 aliphatic rings. The molecule has 0 spiro atoms. The Kier molecular flexibility index (Phi) is 7.72. The molecule has 0 fully saturated rings. The topological polar surface area (TPSA) is 86.3 Å². The summed E-state index contributed by atoms with van der Waals surface area (Å²) in [4.78, 5) is 26.5. The lowest BCUT2D eigenvalue weighted by atomic mass is 10.2. The standard InChI is InChI=1S/C27H28N2O6/c1-19-8-11-21(12-9-19)33-15-5-14-29-22-13-10-20(16-25(22)35-18-27(29)31)28-26(30)17-34-24-7-4-3-6-23(24)32-2/h3-4,6-13,16H,5,14-15,17-18H2,1-2H3,(H,28,30). The van der Waals surface area contributed by atoms with Crippen molar-refractivity contribution in [2.45, 2.75) is 13.3 Å². The van der Waals surface area contributed by atoms with E-state index in [2.05, 4.69) is 5.32 Å². The average molecular weight is 477 g/mol. The number of anilines is 2. The van der Waals surface area contributed by atoms with Gasteiger partial charge in [0.05, 0.1) is 19.4 Å². The molecule has 8 heteroatoms. The van der Waals surface area contributed by atoms with Gasteiger partial charge in [-0.2, -0.15) is 0 Å². The zero-order valence-electron chi connectivity index (χ0n) is 19.8. The number of benzene rings is 3. The molecule has 8 nitrogen and oxygen atoms in total. The van der Waals surface area contributed by atoms with Crippen LogP contribution < -0.4 is 29.2 Å². The highest BCUT2D eigenvalue weighted by molar-refractivity contribution is 5.99. The molecule has 35 heavy (non-hydrogen) atoms. The smallest absolute Gasteiger partial charge is 0.265 e. The lowest BCUT2D eigenvalue weighted by Crippen LogP contribution is -2.39. The SMILES string of the molecule is COc1ccccc1OCC(=O)Nc1ccc2c(c1)OCC(=O)N2CCCOc1ccc(C)cc1. The number of rotatable bonds is 10. The predicted octanol–water partition coefficient (Wildman–Crippen LogP) is 4.22. The number of fused-ring (bicyclic) bond motifs is 1. The molecule has 1 aliphatic heterocycles. The Hall–Kier alpha value is -4.20. The van der Waals surface area contributed by atoms with Crippen LogP contribution in [0.1, 0.15) is 12.0 Å². The molecule has 3 aromatic rings. The molecule has 0 radical (unpaired) electrons. The van der Waals surface area contributed by atoms with Crippen molar-refractivity contribution in [1.82, 2.24) is 0 Å². The molecule has 0 saturated carbocycles. The molecule has 0 unspecified atom stereocenters. The van der Waals surface area contributed by atoms with Crippen LogP contribution in [0.5, 0.6) is 23.0 Å². The van der Waals surface area contributed by atoms with Crippen LogP contribution in [-0.2, 0) is 9.59 Å². The van der Waals surface area contributed by atoms with Crippen LogP contribution in [0.2, 0.25) is 0 Å². The largest absolute Gasteiger partial charge is 0.494 e. The summed E-state index contributed by atoms with van der Waals surface area (Å²) < 4.78 is 22.2. The third kappa shape index (κ3) is 6.23. The number of hydrogen-bond acceptors (Lipinski definition) is 6. The van der Waals surface area contributed by atoms with Crippen molar-refractivity contribution in [3.8, 4) is 23.0 Å². The van der Waals surface area contributed by atoms with E-state index in [4.69, 9.17) is 18.9 Å². The van der Waals surface area contributed by atoms with E-state index in [-0.39, 0.29) is 25.0 Å². The first-order valence-corrected chi connectivity index (χ1v) is 11.4. The fourth-order valence-corrected chi connectivity index (χ4v) is 3.65. The van der Waals surface area contributed by atoms with Gasteiger partial charge in [0, 0.05) is 18.3 Å². The number of amides is 2. The fourth-order valence-electron chi connectivity index (χ4n) is 3.65. The van der Waals surface area contributed by atoms with Crippen molar-refractivity contribution in [2.24, 2.45) is 0 Å². The quantitative estimate of drug-likeness (QED) is 0.441. The van der Waals surface area contributed by atoms with Gasteiger partial charge in [-0.05, 0) is 49.7 Å². The van der Waals surface area contributed by atoms with Crippen molar-refractivity contribution < 1.29 is 28.5 Å². The monoisotopic (exact) mass is 476 g/mol. The van der Waals surface area contributed by atoms with E-state index >= 15 is 0 Å². The minimum absolute atomic E-state index is 0.0554. The molecule has 0 aliphatic carbocycles. The van der Waals surface area contributed by atoms with Crippen LogP contribution in [0.3, 0.4) is 0 Å². The Balaban J connectivity index is 1.31. The van der Waals surface area contributed by atoms with E-state index in [1.807, 2.05) is 37.3 Å². The number of nitrogens with one attached hydrogen (secondary N) is 1. The van der Waals surface area contributed by atoms with Gasteiger partial charge in [0.25, 0.3) is 11.8 Å². The number of nitrogens with zero attached hydrogens (tertiary/aromatic N) is 1. The second-order valence-corrected chi connectivity index (χ2v) is 8.02. The molecule has 0 aromatic heterocycles. The predicted molar refractivity (Wildman–Crippen MR) is 133 cm³/mol. The van der Waals surface area contributed by atoms with E-state index in [1.54, 1.807) is 48.4 Å². The van der Waals surface area contributed by atoms with Gasteiger partial charge in [-0.3, -0.25) is 9.59 Å². The fraction of sp³-hybridized carbons (Fsp3) is 0.259. The van der Waals surface area contributed by atoms with Crippen molar-refractivity contribution in [2.75, 3.05) is 43.7 Å². The van der Waals surface area contributed by atoms with Gasteiger partial charge in [0.1, 0.15) is 11.5 Å². The Morgan fingerprint density at radius 1 is 1.03 bits per heavy atom. The van der Waals surface area contributed by atoms with Crippen LogP contribution in [-0.4, -0.2) is 45.3 Å². The van der Waals surface area contributed by atoms with Gasteiger partial charge in [-0.1, -0.05) is 29.8 Å². The minimum atomic E-state index is -0.326. The summed E-state index contributed by atoms with van der Waals surface area (Å²) in [5.74, 6) is 1.94. The third-order valence-corrected chi connectivity index (χ3v) is 5.43. The molecule has 0 atom stereocenters. The number of ether oxygens (including phenoxy) is 4. The number of carbonyl (C=O) groups excluding carboxylic acids is 2. The Morgan fingerprint density at radius 2 is 1.80 bits per heavy atom. The van der Waals surface area contributed by atoms with E-state index in [0.717, 1.165) is 5.75 Å². The number of carbonyl (C=O) groups is 2. The summed E-state index contributed by atoms with van der Waals surface area (Å²) in [7, 11) is 1.54. The van der Waals surface area contributed by atoms with E-state index in [0.29, 0.717) is 48.2 Å². The summed E-state index contributed by atoms with van der Waals surface area (Å²) in [6, 6.07) is 20.2. The lowest BCUT2D eigenvalue weighted by Gasteiger charge is -2.29. The number of methoxy groups -OCH3 is 1. The molecule has 0 bridgehead atoms. The van der Waals surface area contributed by atoms with Crippen LogP contribution in [0, 0.1) is 6.92 Å². The van der Waals surface area contributed by atoms with Crippen LogP contribution in [0.4, 0.5) is 11.4 Å². The summed E-state index contributed by atoms with van der Waals surface area (Å²) >= 11 is 0. The minimum Gasteiger partial charge on any atom is -0.494 e. The number of hydrogen-bond donors (Lipinski definition) is 1. The van der Waals surface area contributed by atoms with E-state index in [1.165, 1.54) is 5.56 Å². The van der Waals surface area contributed by atoms with Crippen molar-refractivity contribution in [1.29, 1.82) is 0 Å². The van der Waals surface area contributed by atoms with Gasteiger partial charge < -0.3 is 29.2 Å². The Bertz CT molecular complexity index is 1180. The molecule has 4 rings (SSSR count). The zero-order chi connectivity index (χ0) is 24.6. The van der Waals surface area contributed by atoms with Gasteiger partial charge in [-0.15, -0.1) is 0 Å². The molecule has 0 saturated heterocycles. The maximum absolute atomic E-state index is 12.5. The van der Waals surface area contributed by atoms with Crippen molar-refractivity contribution >= 4 is 23.2 Å². The Labute approximate surface area is 204 Å².